The highest BCUT2D eigenvalue weighted by atomic mass is 16.6. The Hall–Kier alpha value is -2.54. The standard InChI is InChI=1S/C13H15N5O2/c1-8-7-11(16-9(2)15-8)17-12-10(5-4-6-14-12)13(19)18-20-3/h4-7H,1-3H3,(H,18,19)(H,14,15,16,17). The highest BCUT2D eigenvalue weighted by molar-refractivity contribution is 5.98. The van der Waals surface area contributed by atoms with Gasteiger partial charge < -0.3 is 5.32 Å². The highest BCUT2D eigenvalue weighted by Gasteiger charge is 2.12. The van der Waals surface area contributed by atoms with Crippen LogP contribution in [0.4, 0.5) is 11.6 Å². The van der Waals surface area contributed by atoms with Crippen LogP contribution in [-0.4, -0.2) is 28.0 Å². The second-order valence-corrected chi connectivity index (χ2v) is 4.10. The summed E-state index contributed by atoms with van der Waals surface area (Å²) in [6.07, 6.45) is 1.59. The SMILES string of the molecule is CONC(=O)c1cccnc1Nc1cc(C)nc(C)n1. The van der Waals surface area contributed by atoms with Crippen molar-refractivity contribution < 1.29 is 9.63 Å². The summed E-state index contributed by atoms with van der Waals surface area (Å²) in [5.74, 6) is 1.25. The minimum absolute atomic E-state index is 0.364. The van der Waals surface area contributed by atoms with E-state index < -0.39 is 0 Å². The van der Waals surface area contributed by atoms with Gasteiger partial charge in [0.2, 0.25) is 0 Å². The van der Waals surface area contributed by atoms with Crippen LogP contribution in [0.25, 0.3) is 0 Å². The Morgan fingerprint density at radius 3 is 2.80 bits per heavy atom. The maximum absolute atomic E-state index is 11.8. The van der Waals surface area contributed by atoms with E-state index in [9.17, 15) is 4.79 Å². The molecule has 2 heterocycles. The van der Waals surface area contributed by atoms with Crippen LogP contribution in [0.5, 0.6) is 0 Å². The summed E-state index contributed by atoms with van der Waals surface area (Å²) < 4.78 is 0. The molecule has 0 radical (unpaired) electrons. The zero-order valence-corrected chi connectivity index (χ0v) is 11.5. The van der Waals surface area contributed by atoms with Crippen LogP contribution in [0.3, 0.4) is 0 Å². The van der Waals surface area contributed by atoms with Crippen molar-refractivity contribution in [2.24, 2.45) is 0 Å². The van der Waals surface area contributed by atoms with E-state index in [1.165, 1.54) is 7.11 Å². The second kappa shape index (κ2) is 6.07. The van der Waals surface area contributed by atoms with Gasteiger partial charge in [0.15, 0.2) is 0 Å². The number of hydrogen-bond acceptors (Lipinski definition) is 6. The van der Waals surface area contributed by atoms with E-state index in [0.29, 0.717) is 23.0 Å². The fraction of sp³-hybridized carbons (Fsp3) is 0.231. The fourth-order valence-corrected chi connectivity index (χ4v) is 1.74. The van der Waals surface area contributed by atoms with E-state index >= 15 is 0 Å². The molecule has 2 N–H and O–H groups in total. The summed E-state index contributed by atoms with van der Waals surface area (Å²) in [5, 5.41) is 3.01. The van der Waals surface area contributed by atoms with Gasteiger partial charge in [0.25, 0.3) is 5.91 Å². The van der Waals surface area contributed by atoms with E-state index in [0.717, 1.165) is 5.69 Å². The lowest BCUT2D eigenvalue weighted by Gasteiger charge is -2.10. The van der Waals surface area contributed by atoms with Crippen LogP contribution >= 0.6 is 0 Å². The number of aryl methyl sites for hydroxylation is 2. The smallest absolute Gasteiger partial charge is 0.278 e. The molecule has 0 aliphatic rings. The van der Waals surface area contributed by atoms with Crippen molar-refractivity contribution in [3.63, 3.8) is 0 Å². The molecule has 2 rings (SSSR count). The lowest BCUT2D eigenvalue weighted by atomic mass is 10.2. The number of hydroxylamine groups is 1. The molecule has 7 heteroatoms. The van der Waals surface area contributed by atoms with Crippen molar-refractivity contribution in [2.75, 3.05) is 12.4 Å². The maximum Gasteiger partial charge on any atom is 0.278 e. The van der Waals surface area contributed by atoms with E-state index in [2.05, 4.69) is 30.6 Å². The second-order valence-electron chi connectivity index (χ2n) is 4.10. The Balaban J connectivity index is 2.31. The van der Waals surface area contributed by atoms with E-state index in [4.69, 9.17) is 0 Å². The molecule has 2 aromatic rings. The number of anilines is 2. The van der Waals surface area contributed by atoms with Crippen molar-refractivity contribution in [3.8, 4) is 0 Å². The van der Waals surface area contributed by atoms with Crippen molar-refractivity contribution in [1.29, 1.82) is 0 Å². The molecule has 0 aromatic carbocycles. The van der Waals surface area contributed by atoms with Crippen molar-refractivity contribution in [1.82, 2.24) is 20.4 Å². The molecule has 0 bridgehead atoms. The predicted molar refractivity (Wildman–Crippen MR) is 73.5 cm³/mol. The van der Waals surface area contributed by atoms with Crippen molar-refractivity contribution >= 4 is 17.5 Å². The quantitative estimate of drug-likeness (QED) is 0.821. The minimum atomic E-state index is -0.384. The number of aromatic nitrogens is 3. The van der Waals surface area contributed by atoms with E-state index in [1.54, 1.807) is 31.3 Å². The molecule has 0 fully saturated rings. The third-order valence-electron chi connectivity index (χ3n) is 2.46. The monoisotopic (exact) mass is 273 g/mol. The van der Waals surface area contributed by atoms with Crippen LogP contribution in [0.1, 0.15) is 21.9 Å². The van der Waals surface area contributed by atoms with Crippen LogP contribution in [0.15, 0.2) is 24.4 Å². The molecule has 104 valence electrons. The first-order chi connectivity index (χ1) is 9.60. The molecule has 0 unspecified atom stereocenters. The third kappa shape index (κ3) is 3.27. The Morgan fingerprint density at radius 1 is 1.30 bits per heavy atom. The number of carbonyl (C=O) groups excluding carboxylic acids is 1. The molecule has 0 spiro atoms. The Morgan fingerprint density at radius 2 is 2.10 bits per heavy atom. The number of nitrogens with one attached hydrogen (secondary N) is 2. The molecule has 7 nitrogen and oxygen atoms in total. The lowest BCUT2D eigenvalue weighted by Crippen LogP contribution is -2.23. The van der Waals surface area contributed by atoms with Gasteiger partial charge in [0, 0.05) is 18.0 Å². The molecule has 0 aliphatic heterocycles. The summed E-state index contributed by atoms with van der Waals surface area (Å²) in [4.78, 5) is 29.1. The molecule has 1 amide bonds. The van der Waals surface area contributed by atoms with E-state index in [-0.39, 0.29) is 5.91 Å². The van der Waals surface area contributed by atoms with Crippen LogP contribution in [0.2, 0.25) is 0 Å². The summed E-state index contributed by atoms with van der Waals surface area (Å²) in [7, 11) is 1.37. The average molecular weight is 273 g/mol. The highest BCUT2D eigenvalue weighted by Crippen LogP contribution is 2.17. The van der Waals surface area contributed by atoms with Gasteiger partial charge in [-0.05, 0) is 26.0 Å². The van der Waals surface area contributed by atoms with Gasteiger partial charge in [-0.25, -0.2) is 20.4 Å². The van der Waals surface area contributed by atoms with Gasteiger partial charge in [-0.2, -0.15) is 0 Å². The Kier molecular flexibility index (Phi) is 4.21. The fourth-order valence-electron chi connectivity index (χ4n) is 1.74. The topological polar surface area (TPSA) is 89.0 Å². The van der Waals surface area contributed by atoms with Gasteiger partial charge in [-0.1, -0.05) is 0 Å². The summed E-state index contributed by atoms with van der Waals surface area (Å²) in [6, 6.07) is 5.09. The van der Waals surface area contributed by atoms with Crippen LogP contribution in [0, 0.1) is 13.8 Å². The largest absolute Gasteiger partial charge is 0.324 e. The van der Waals surface area contributed by atoms with Crippen molar-refractivity contribution in [3.05, 3.63) is 41.5 Å². The molecule has 0 aliphatic carbocycles. The average Bonchev–Trinajstić information content (AvgIpc) is 2.38. The summed E-state index contributed by atoms with van der Waals surface area (Å²) >= 11 is 0. The number of nitrogens with zero attached hydrogens (tertiary/aromatic N) is 3. The van der Waals surface area contributed by atoms with Gasteiger partial charge in [0.05, 0.1) is 12.7 Å². The first-order valence-electron chi connectivity index (χ1n) is 5.98. The Bertz CT molecular complexity index is 610. The van der Waals surface area contributed by atoms with Gasteiger partial charge in [-0.3, -0.25) is 9.63 Å². The first-order valence-corrected chi connectivity index (χ1v) is 5.98. The van der Waals surface area contributed by atoms with Crippen molar-refractivity contribution in [2.45, 2.75) is 13.8 Å². The number of carbonyl (C=O) groups is 1. The Labute approximate surface area is 116 Å². The molecule has 2 aromatic heterocycles. The molecule has 0 atom stereocenters. The van der Waals surface area contributed by atoms with Gasteiger partial charge in [-0.15, -0.1) is 0 Å². The maximum atomic E-state index is 11.8. The van der Waals surface area contributed by atoms with Crippen LogP contribution in [-0.2, 0) is 4.84 Å². The minimum Gasteiger partial charge on any atom is -0.324 e. The predicted octanol–water partition coefficient (Wildman–Crippen LogP) is 1.52. The zero-order chi connectivity index (χ0) is 14.5. The van der Waals surface area contributed by atoms with Gasteiger partial charge in [0.1, 0.15) is 17.5 Å². The zero-order valence-electron chi connectivity index (χ0n) is 11.5. The summed E-state index contributed by atoms with van der Waals surface area (Å²) in [6.45, 7) is 3.67. The molecular formula is C13H15N5O2. The number of pyridine rings is 1. The number of rotatable bonds is 4. The lowest BCUT2D eigenvalue weighted by molar-refractivity contribution is 0.0538. The molecule has 0 saturated heterocycles. The number of amides is 1. The molecular weight excluding hydrogens is 258 g/mol. The van der Waals surface area contributed by atoms with E-state index in [1.807, 2.05) is 6.92 Å². The normalized spacial score (nSPS) is 10.2. The first kappa shape index (κ1) is 13.9. The van der Waals surface area contributed by atoms with Gasteiger partial charge >= 0.3 is 0 Å². The molecule has 0 saturated carbocycles. The third-order valence-corrected chi connectivity index (χ3v) is 2.46. The number of hydrogen-bond donors (Lipinski definition) is 2. The summed E-state index contributed by atoms with van der Waals surface area (Å²) in [5.41, 5.74) is 3.46. The van der Waals surface area contributed by atoms with Crippen LogP contribution < -0.4 is 10.8 Å². The molecule has 20 heavy (non-hydrogen) atoms.